The zero-order valence-electron chi connectivity index (χ0n) is 9.99. The van der Waals surface area contributed by atoms with Crippen LogP contribution in [0.25, 0.3) is 11.2 Å². The monoisotopic (exact) mass is 249 g/mol. The Balaban J connectivity index is 2.08. The second-order valence-electron chi connectivity index (χ2n) is 4.88. The lowest BCUT2D eigenvalue weighted by Gasteiger charge is -2.06. The number of fused-ring (bicyclic) bond motifs is 1. The number of imidazole rings is 1. The van der Waals surface area contributed by atoms with E-state index in [1.54, 1.807) is 0 Å². The number of aryl methyl sites for hydroxylation is 2. The van der Waals surface area contributed by atoms with E-state index in [2.05, 4.69) is 20.6 Å². The summed E-state index contributed by atoms with van der Waals surface area (Å²) in [5, 5.41) is 0. The quantitative estimate of drug-likeness (QED) is 0.780. The molecule has 2 heterocycles. The second-order valence-corrected chi connectivity index (χ2v) is 5.25. The number of nitrogens with zero attached hydrogens (tertiary/aromatic N) is 3. The first kappa shape index (κ1) is 11.0. The molecular weight excluding hydrogens is 234 g/mol. The van der Waals surface area contributed by atoms with Crippen molar-refractivity contribution in [1.82, 2.24) is 14.5 Å². The van der Waals surface area contributed by atoms with Crippen LogP contribution in [0.15, 0.2) is 12.3 Å². The Kier molecular flexibility index (Phi) is 2.79. The van der Waals surface area contributed by atoms with Gasteiger partial charge in [-0.25, -0.2) is 9.97 Å². The van der Waals surface area contributed by atoms with Crippen LogP contribution in [0.4, 0.5) is 0 Å². The molecule has 90 valence electrons. The molecule has 0 unspecified atom stereocenters. The minimum atomic E-state index is 0.618. The predicted molar refractivity (Wildman–Crippen MR) is 69.4 cm³/mol. The van der Waals surface area contributed by atoms with Gasteiger partial charge in [-0.2, -0.15) is 0 Å². The maximum absolute atomic E-state index is 5.85. The summed E-state index contributed by atoms with van der Waals surface area (Å²) in [6, 6.07) is 2.10. The lowest BCUT2D eigenvalue weighted by molar-refractivity contribution is 0.611. The fraction of sp³-hybridized carbons (Fsp3) is 0.538. The van der Waals surface area contributed by atoms with E-state index < -0.39 is 0 Å². The fourth-order valence-corrected chi connectivity index (χ4v) is 2.35. The normalized spacial score (nSPS) is 15.6. The molecule has 0 radical (unpaired) electrons. The van der Waals surface area contributed by atoms with Crippen LogP contribution in [0, 0.1) is 12.8 Å². The molecule has 17 heavy (non-hydrogen) atoms. The molecule has 1 fully saturated rings. The van der Waals surface area contributed by atoms with Gasteiger partial charge < -0.3 is 4.57 Å². The molecule has 0 atom stereocenters. The molecule has 4 heteroatoms. The number of hydrogen-bond acceptors (Lipinski definition) is 2. The fourth-order valence-electron chi connectivity index (χ4n) is 2.18. The van der Waals surface area contributed by atoms with E-state index in [-0.39, 0.29) is 0 Å². The summed E-state index contributed by atoms with van der Waals surface area (Å²) in [6.07, 6.45) is 5.42. The molecule has 3 rings (SSSR count). The van der Waals surface area contributed by atoms with Gasteiger partial charge in [0.1, 0.15) is 11.3 Å². The smallest absolute Gasteiger partial charge is 0.160 e. The first-order valence-electron chi connectivity index (χ1n) is 6.15. The molecule has 0 amide bonds. The van der Waals surface area contributed by atoms with Crippen molar-refractivity contribution in [3.05, 3.63) is 23.7 Å². The van der Waals surface area contributed by atoms with Gasteiger partial charge in [-0.05, 0) is 37.3 Å². The molecule has 0 bridgehead atoms. The summed E-state index contributed by atoms with van der Waals surface area (Å²) < 4.78 is 2.26. The van der Waals surface area contributed by atoms with Crippen molar-refractivity contribution in [2.45, 2.75) is 32.7 Å². The summed E-state index contributed by atoms with van der Waals surface area (Å²) >= 11 is 5.85. The first-order valence-corrected chi connectivity index (χ1v) is 6.69. The predicted octanol–water partition coefficient (Wildman–Crippen LogP) is 2.93. The molecule has 2 aromatic heterocycles. The summed E-state index contributed by atoms with van der Waals surface area (Å²) in [5.41, 5.74) is 3.18. The lowest BCUT2D eigenvalue weighted by atomic mass is 10.3. The third-order valence-corrected chi connectivity index (χ3v) is 3.45. The molecule has 0 aromatic carbocycles. The number of halogens is 1. The Hall–Kier alpha value is -1.09. The zero-order chi connectivity index (χ0) is 11.8. The van der Waals surface area contributed by atoms with Gasteiger partial charge in [0, 0.05) is 25.0 Å². The average molecular weight is 250 g/mol. The number of alkyl halides is 1. The molecule has 0 aliphatic heterocycles. The van der Waals surface area contributed by atoms with Gasteiger partial charge >= 0.3 is 0 Å². The van der Waals surface area contributed by atoms with Gasteiger partial charge in [-0.15, -0.1) is 11.6 Å². The Morgan fingerprint density at radius 3 is 3.00 bits per heavy atom. The van der Waals surface area contributed by atoms with Crippen molar-refractivity contribution in [3.63, 3.8) is 0 Å². The largest absolute Gasteiger partial charge is 0.312 e. The molecular formula is C13H16ClN3. The van der Waals surface area contributed by atoms with E-state index in [0.717, 1.165) is 41.4 Å². The second kappa shape index (κ2) is 4.30. The van der Waals surface area contributed by atoms with Gasteiger partial charge in [0.2, 0.25) is 0 Å². The Morgan fingerprint density at radius 2 is 2.29 bits per heavy atom. The van der Waals surface area contributed by atoms with Crippen molar-refractivity contribution >= 4 is 22.8 Å². The number of pyridine rings is 1. The highest BCUT2D eigenvalue weighted by molar-refractivity contribution is 6.17. The van der Waals surface area contributed by atoms with E-state index in [1.807, 2.05) is 13.1 Å². The van der Waals surface area contributed by atoms with Crippen LogP contribution in [-0.2, 0) is 13.0 Å². The van der Waals surface area contributed by atoms with E-state index in [0.29, 0.717) is 5.88 Å². The highest BCUT2D eigenvalue weighted by Gasteiger charge is 2.24. The average Bonchev–Trinajstić information content (AvgIpc) is 3.04. The third kappa shape index (κ3) is 2.16. The first-order chi connectivity index (χ1) is 8.28. The van der Waals surface area contributed by atoms with Crippen LogP contribution < -0.4 is 0 Å². The van der Waals surface area contributed by atoms with Crippen molar-refractivity contribution in [3.8, 4) is 0 Å². The van der Waals surface area contributed by atoms with Gasteiger partial charge in [0.25, 0.3) is 0 Å². The Bertz CT molecular complexity index is 543. The molecule has 1 saturated carbocycles. The molecule has 2 aromatic rings. The molecule has 0 N–H and O–H groups in total. The number of hydrogen-bond donors (Lipinski definition) is 0. The van der Waals surface area contributed by atoms with Crippen molar-refractivity contribution in [2.24, 2.45) is 5.92 Å². The summed E-state index contributed by atoms with van der Waals surface area (Å²) in [7, 11) is 0. The SMILES string of the molecule is Cc1cnc2c(c1)nc(CCCl)n2CC1CC1. The number of rotatable bonds is 4. The zero-order valence-corrected chi connectivity index (χ0v) is 10.7. The molecule has 1 aliphatic rings. The number of aromatic nitrogens is 3. The molecule has 1 aliphatic carbocycles. The van der Waals surface area contributed by atoms with Gasteiger partial charge in [-0.1, -0.05) is 0 Å². The van der Waals surface area contributed by atoms with Crippen molar-refractivity contribution in [2.75, 3.05) is 5.88 Å². The Morgan fingerprint density at radius 1 is 1.47 bits per heavy atom. The van der Waals surface area contributed by atoms with E-state index in [1.165, 1.54) is 12.8 Å². The van der Waals surface area contributed by atoms with Gasteiger partial charge in [-0.3, -0.25) is 0 Å². The maximum atomic E-state index is 5.85. The highest BCUT2D eigenvalue weighted by Crippen LogP contribution is 2.32. The highest BCUT2D eigenvalue weighted by atomic mass is 35.5. The molecule has 0 spiro atoms. The summed E-state index contributed by atoms with van der Waals surface area (Å²) in [6.45, 7) is 3.10. The third-order valence-electron chi connectivity index (χ3n) is 3.26. The van der Waals surface area contributed by atoms with Crippen LogP contribution in [-0.4, -0.2) is 20.4 Å². The van der Waals surface area contributed by atoms with E-state index in [9.17, 15) is 0 Å². The summed E-state index contributed by atoms with van der Waals surface area (Å²) in [4.78, 5) is 9.18. The van der Waals surface area contributed by atoms with Crippen LogP contribution in [0.2, 0.25) is 0 Å². The Labute approximate surface area is 106 Å². The van der Waals surface area contributed by atoms with Crippen LogP contribution in [0.3, 0.4) is 0 Å². The van der Waals surface area contributed by atoms with E-state index >= 15 is 0 Å². The van der Waals surface area contributed by atoms with Crippen LogP contribution in [0.1, 0.15) is 24.2 Å². The minimum absolute atomic E-state index is 0.618. The maximum Gasteiger partial charge on any atom is 0.160 e. The molecule has 0 saturated heterocycles. The van der Waals surface area contributed by atoms with Crippen molar-refractivity contribution in [1.29, 1.82) is 0 Å². The standard InChI is InChI=1S/C13H16ClN3/c1-9-6-11-13(15-7-9)17(8-10-2-3-10)12(16-11)4-5-14/h6-7,10H,2-5,8H2,1H3. The van der Waals surface area contributed by atoms with Gasteiger partial charge in [0.05, 0.1) is 0 Å². The van der Waals surface area contributed by atoms with Gasteiger partial charge in [0.15, 0.2) is 5.65 Å². The van der Waals surface area contributed by atoms with Crippen LogP contribution >= 0.6 is 11.6 Å². The molecule has 3 nitrogen and oxygen atoms in total. The van der Waals surface area contributed by atoms with Crippen LogP contribution in [0.5, 0.6) is 0 Å². The minimum Gasteiger partial charge on any atom is -0.312 e. The van der Waals surface area contributed by atoms with Crippen molar-refractivity contribution < 1.29 is 0 Å². The summed E-state index contributed by atoms with van der Waals surface area (Å²) in [5.74, 6) is 2.53. The lowest BCUT2D eigenvalue weighted by Crippen LogP contribution is -2.06. The topological polar surface area (TPSA) is 30.7 Å². The van der Waals surface area contributed by atoms with E-state index in [4.69, 9.17) is 11.6 Å².